The van der Waals surface area contributed by atoms with E-state index in [1.54, 1.807) is 49.6 Å². The van der Waals surface area contributed by atoms with E-state index in [1.165, 1.54) is 11.8 Å². The number of methoxy groups -OCH3 is 1. The number of carbonyl (C=O) groups excluding carboxylic acids is 3. The van der Waals surface area contributed by atoms with Gasteiger partial charge in [-0.3, -0.25) is 9.59 Å². The topological polar surface area (TPSA) is 93.7 Å². The van der Waals surface area contributed by atoms with Crippen molar-refractivity contribution in [2.75, 3.05) is 37.9 Å². The van der Waals surface area contributed by atoms with Crippen molar-refractivity contribution in [1.29, 1.82) is 0 Å². The average Bonchev–Trinajstić information content (AvgIpc) is 2.73. The van der Waals surface area contributed by atoms with Gasteiger partial charge in [-0.15, -0.1) is 11.8 Å². The second kappa shape index (κ2) is 12.2. The highest BCUT2D eigenvalue weighted by atomic mass is 35.5. The summed E-state index contributed by atoms with van der Waals surface area (Å²) in [6.07, 6.45) is 0. The number of benzene rings is 2. The Labute approximate surface area is 184 Å². The van der Waals surface area contributed by atoms with Crippen molar-refractivity contribution in [3.05, 3.63) is 58.6 Å². The first kappa shape index (κ1) is 23.7. The van der Waals surface area contributed by atoms with Gasteiger partial charge in [0.1, 0.15) is 0 Å². The van der Waals surface area contributed by atoms with E-state index < -0.39 is 18.5 Å². The molecule has 2 aromatic rings. The zero-order valence-electron chi connectivity index (χ0n) is 16.7. The minimum atomic E-state index is -0.644. The van der Waals surface area contributed by atoms with Gasteiger partial charge in [-0.2, -0.15) is 0 Å². The van der Waals surface area contributed by atoms with Crippen LogP contribution < -0.4 is 10.6 Å². The fourth-order valence-electron chi connectivity index (χ4n) is 2.32. The lowest BCUT2D eigenvalue weighted by Crippen LogP contribution is -2.28. The monoisotopic (exact) mass is 450 g/mol. The quantitative estimate of drug-likeness (QED) is 0.327. The lowest BCUT2D eigenvalue weighted by molar-refractivity contribution is -0.119. The predicted octanol–water partition coefficient (Wildman–Crippen LogP) is 3.30. The second-order valence-electron chi connectivity index (χ2n) is 6.22. The number of halogens is 1. The van der Waals surface area contributed by atoms with E-state index in [0.717, 1.165) is 5.56 Å². The van der Waals surface area contributed by atoms with Crippen LogP contribution in [0.25, 0.3) is 0 Å². The molecule has 0 atom stereocenters. The highest BCUT2D eigenvalue weighted by Crippen LogP contribution is 2.23. The number of esters is 1. The molecule has 0 aliphatic rings. The number of amides is 2. The largest absolute Gasteiger partial charge is 0.452 e. The van der Waals surface area contributed by atoms with Gasteiger partial charge in [0.25, 0.3) is 5.91 Å². The van der Waals surface area contributed by atoms with E-state index in [1.807, 2.05) is 6.92 Å². The summed E-state index contributed by atoms with van der Waals surface area (Å²) < 4.78 is 10.0. The molecule has 0 heterocycles. The van der Waals surface area contributed by atoms with Crippen molar-refractivity contribution < 1.29 is 23.9 Å². The van der Waals surface area contributed by atoms with E-state index in [0.29, 0.717) is 34.3 Å². The zero-order valence-corrected chi connectivity index (χ0v) is 18.3. The molecule has 7 nitrogen and oxygen atoms in total. The van der Waals surface area contributed by atoms with Gasteiger partial charge in [0.05, 0.1) is 17.9 Å². The number of hydrogen-bond acceptors (Lipinski definition) is 6. The van der Waals surface area contributed by atoms with Crippen LogP contribution in [-0.4, -0.2) is 50.4 Å². The van der Waals surface area contributed by atoms with Crippen molar-refractivity contribution in [3.8, 4) is 0 Å². The molecule has 30 heavy (non-hydrogen) atoms. The van der Waals surface area contributed by atoms with Crippen LogP contribution in [0.3, 0.4) is 0 Å². The molecule has 0 aliphatic carbocycles. The van der Waals surface area contributed by atoms with Crippen LogP contribution in [0.4, 0.5) is 5.69 Å². The van der Waals surface area contributed by atoms with E-state index in [4.69, 9.17) is 21.1 Å². The van der Waals surface area contributed by atoms with Gasteiger partial charge in [-0.25, -0.2) is 4.79 Å². The number of thioether (sulfide) groups is 1. The highest BCUT2D eigenvalue weighted by molar-refractivity contribution is 8.00. The third-order valence-corrected chi connectivity index (χ3v) is 5.36. The first-order chi connectivity index (χ1) is 14.4. The summed E-state index contributed by atoms with van der Waals surface area (Å²) >= 11 is 7.25. The van der Waals surface area contributed by atoms with Crippen molar-refractivity contribution >= 4 is 46.8 Å². The van der Waals surface area contributed by atoms with Crippen molar-refractivity contribution in [1.82, 2.24) is 5.32 Å². The first-order valence-electron chi connectivity index (χ1n) is 9.11. The van der Waals surface area contributed by atoms with Gasteiger partial charge >= 0.3 is 5.97 Å². The van der Waals surface area contributed by atoms with Crippen LogP contribution in [0.2, 0.25) is 5.02 Å². The molecular weight excluding hydrogens is 428 g/mol. The molecule has 0 bridgehead atoms. The summed E-state index contributed by atoms with van der Waals surface area (Å²) in [5.41, 5.74) is 1.70. The smallest absolute Gasteiger partial charge is 0.339 e. The first-order valence-corrected chi connectivity index (χ1v) is 10.5. The predicted molar refractivity (Wildman–Crippen MR) is 117 cm³/mol. The molecular formula is C21H23ClN2O5S. The summed E-state index contributed by atoms with van der Waals surface area (Å²) in [7, 11) is 1.55. The molecule has 2 rings (SSSR count). The van der Waals surface area contributed by atoms with Crippen LogP contribution in [0.5, 0.6) is 0 Å². The molecule has 0 saturated heterocycles. The molecule has 160 valence electrons. The summed E-state index contributed by atoms with van der Waals surface area (Å²) in [6, 6.07) is 11.9. The Morgan fingerprint density at radius 3 is 2.60 bits per heavy atom. The molecule has 0 unspecified atom stereocenters. The van der Waals surface area contributed by atoms with Gasteiger partial charge in [0.15, 0.2) is 6.61 Å². The Kier molecular flexibility index (Phi) is 9.66. The number of anilines is 1. The maximum atomic E-state index is 12.4. The second-order valence-corrected chi connectivity index (χ2v) is 7.64. The van der Waals surface area contributed by atoms with Gasteiger partial charge in [-0.1, -0.05) is 29.8 Å². The van der Waals surface area contributed by atoms with Gasteiger partial charge in [0, 0.05) is 29.3 Å². The molecule has 9 heteroatoms. The third-order valence-electron chi connectivity index (χ3n) is 3.88. The Bertz CT molecular complexity index is 907. The molecule has 2 N–H and O–H groups in total. The van der Waals surface area contributed by atoms with Crippen molar-refractivity contribution in [2.45, 2.75) is 11.8 Å². The molecule has 0 saturated carbocycles. The van der Waals surface area contributed by atoms with Gasteiger partial charge in [-0.05, 0) is 36.8 Å². The molecule has 2 amide bonds. The molecule has 0 radical (unpaired) electrons. The number of rotatable bonds is 10. The fraction of sp³-hybridized carbons (Fsp3) is 0.286. The number of hydrogen-bond donors (Lipinski definition) is 2. The van der Waals surface area contributed by atoms with E-state index in [2.05, 4.69) is 10.6 Å². The molecule has 0 fully saturated rings. The van der Waals surface area contributed by atoms with Crippen LogP contribution in [0, 0.1) is 6.92 Å². The standard InChI is InChI=1S/C21H23ClN2O5S/c1-14-7-8-15(11-17(14)22)24-19(25)12-29-21(27)16-5-3-4-6-18(16)30-13-20(26)23-9-10-28-2/h3-8,11H,9-10,12-13H2,1-2H3,(H,23,26)(H,24,25). The summed E-state index contributed by atoms with van der Waals surface area (Å²) in [4.78, 5) is 36.9. The fourth-order valence-corrected chi connectivity index (χ4v) is 3.38. The minimum absolute atomic E-state index is 0.142. The van der Waals surface area contributed by atoms with Crippen molar-refractivity contribution in [2.24, 2.45) is 0 Å². The van der Waals surface area contributed by atoms with Crippen LogP contribution >= 0.6 is 23.4 Å². The Morgan fingerprint density at radius 2 is 1.87 bits per heavy atom. The number of carbonyl (C=O) groups is 3. The lowest BCUT2D eigenvalue weighted by atomic mass is 10.2. The highest BCUT2D eigenvalue weighted by Gasteiger charge is 2.16. The van der Waals surface area contributed by atoms with E-state index in [9.17, 15) is 14.4 Å². The Hall–Kier alpha value is -2.55. The van der Waals surface area contributed by atoms with E-state index >= 15 is 0 Å². The Balaban J connectivity index is 1.88. The number of nitrogens with one attached hydrogen (secondary N) is 2. The van der Waals surface area contributed by atoms with Crippen LogP contribution in [0.15, 0.2) is 47.4 Å². The van der Waals surface area contributed by atoms with Crippen LogP contribution in [-0.2, 0) is 19.1 Å². The maximum absolute atomic E-state index is 12.4. The average molecular weight is 451 g/mol. The summed E-state index contributed by atoms with van der Waals surface area (Å²) in [5, 5.41) is 5.87. The van der Waals surface area contributed by atoms with E-state index in [-0.39, 0.29) is 11.7 Å². The van der Waals surface area contributed by atoms with Crippen LogP contribution in [0.1, 0.15) is 15.9 Å². The number of aryl methyl sites for hydroxylation is 1. The Morgan fingerprint density at radius 1 is 1.10 bits per heavy atom. The van der Waals surface area contributed by atoms with Crippen molar-refractivity contribution in [3.63, 3.8) is 0 Å². The molecule has 0 aromatic heterocycles. The summed E-state index contributed by atoms with van der Waals surface area (Å²) in [6.45, 7) is 2.26. The van der Waals surface area contributed by atoms with Gasteiger partial charge < -0.3 is 20.1 Å². The SMILES string of the molecule is COCCNC(=O)CSc1ccccc1C(=O)OCC(=O)Nc1ccc(C)c(Cl)c1. The van der Waals surface area contributed by atoms with Gasteiger partial charge in [0.2, 0.25) is 5.91 Å². The zero-order chi connectivity index (χ0) is 21.9. The number of ether oxygens (including phenoxy) is 2. The molecule has 0 aliphatic heterocycles. The molecule has 0 spiro atoms. The normalized spacial score (nSPS) is 10.4. The lowest BCUT2D eigenvalue weighted by Gasteiger charge is -2.10. The minimum Gasteiger partial charge on any atom is -0.452 e. The third kappa shape index (κ3) is 7.70. The summed E-state index contributed by atoms with van der Waals surface area (Å²) in [5.74, 6) is -1.15. The molecule has 2 aromatic carbocycles. The maximum Gasteiger partial charge on any atom is 0.339 e.